The van der Waals surface area contributed by atoms with Gasteiger partial charge in [-0.05, 0) is 24.8 Å². The fourth-order valence-corrected chi connectivity index (χ4v) is 2.80. The molecule has 1 aromatic rings. The van der Waals surface area contributed by atoms with Gasteiger partial charge in [0, 0.05) is 12.8 Å². The zero-order chi connectivity index (χ0) is 12.1. The molecule has 17 heavy (non-hydrogen) atoms. The topological polar surface area (TPSA) is 17.1 Å². The largest absolute Gasteiger partial charge is 0.299 e. The predicted molar refractivity (Wildman–Crippen MR) is 71.1 cm³/mol. The van der Waals surface area contributed by atoms with Crippen LogP contribution < -0.4 is 0 Å². The van der Waals surface area contributed by atoms with E-state index in [1.807, 2.05) is 6.07 Å². The van der Waals surface area contributed by atoms with Crippen LogP contribution in [0, 0.1) is 12.8 Å². The molecular formula is C16H22O. The van der Waals surface area contributed by atoms with Gasteiger partial charge in [0.15, 0.2) is 0 Å². The molecule has 1 aromatic carbocycles. The third kappa shape index (κ3) is 3.99. The predicted octanol–water partition coefficient (Wildman–Crippen LogP) is 4.08. The van der Waals surface area contributed by atoms with E-state index in [2.05, 4.69) is 25.1 Å². The Morgan fingerprint density at radius 2 is 2.06 bits per heavy atom. The van der Waals surface area contributed by atoms with Crippen LogP contribution in [0.2, 0.25) is 0 Å². The SMILES string of the molecule is Cc1cccc(CC(=O)CCC2CCCC2)c1. The van der Waals surface area contributed by atoms with Gasteiger partial charge in [-0.1, -0.05) is 55.5 Å². The van der Waals surface area contributed by atoms with Crippen LogP contribution in [0.25, 0.3) is 0 Å². The molecule has 0 atom stereocenters. The van der Waals surface area contributed by atoms with Gasteiger partial charge in [0.2, 0.25) is 0 Å². The molecule has 2 rings (SSSR count). The van der Waals surface area contributed by atoms with Crippen LogP contribution in [0.15, 0.2) is 24.3 Å². The Labute approximate surface area is 104 Å². The lowest BCUT2D eigenvalue weighted by molar-refractivity contribution is -0.118. The number of hydrogen-bond acceptors (Lipinski definition) is 1. The van der Waals surface area contributed by atoms with Crippen molar-refractivity contribution in [1.29, 1.82) is 0 Å². The molecule has 0 heterocycles. The van der Waals surface area contributed by atoms with E-state index in [0.717, 1.165) is 18.8 Å². The normalized spacial score (nSPS) is 16.3. The third-order valence-corrected chi connectivity index (χ3v) is 3.79. The molecule has 0 N–H and O–H groups in total. The highest BCUT2D eigenvalue weighted by atomic mass is 16.1. The van der Waals surface area contributed by atoms with E-state index in [1.54, 1.807) is 0 Å². The van der Waals surface area contributed by atoms with Crippen molar-refractivity contribution in [3.63, 3.8) is 0 Å². The fourth-order valence-electron chi connectivity index (χ4n) is 2.80. The molecule has 0 amide bonds. The van der Waals surface area contributed by atoms with Gasteiger partial charge < -0.3 is 0 Å². The average molecular weight is 230 g/mol. The summed E-state index contributed by atoms with van der Waals surface area (Å²) in [6.45, 7) is 2.08. The van der Waals surface area contributed by atoms with Crippen molar-refractivity contribution < 1.29 is 4.79 Å². The Bertz CT molecular complexity index is 375. The lowest BCUT2D eigenvalue weighted by atomic mass is 9.97. The number of ketones is 1. The summed E-state index contributed by atoms with van der Waals surface area (Å²) < 4.78 is 0. The molecule has 1 heteroatoms. The summed E-state index contributed by atoms with van der Waals surface area (Å²) >= 11 is 0. The Balaban J connectivity index is 1.76. The average Bonchev–Trinajstić information content (AvgIpc) is 2.79. The molecule has 1 fully saturated rings. The molecular weight excluding hydrogens is 208 g/mol. The van der Waals surface area contributed by atoms with Crippen LogP contribution in [0.4, 0.5) is 0 Å². The fraction of sp³-hybridized carbons (Fsp3) is 0.562. The van der Waals surface area contributed by atoms with Gasteiger partial charge in [0.25, 0.3) is 0 Å². The van der Waals surface area contributed by atoms with Crippen molar-refractivity contribution in [2.75, 3.05) is 0 Å². The van der Waals surface area contributed by atoms with Crippen LogP contribution in [0.3, 0.4) is 0 Å². The van der Waals surface area contributed by atoms with Crippen molar-refractivity contribution in [2.24, 2.45) is 5.92 Å². The second-order valence-corrected chi connectivity index (χ2v) is 5.39. The van der Waals surface area contributed by atoms with Gasteiger partial charge in [-0.3, -0.25) is 4.79 Å². The van der Waals surface area contributed by atoms with Gasteiger partial charge in [-0.2, -0.15) is 0 Å². The first-order valence-electron chi connectivity index (χ1n) is 6.81. The van der Waals surface area contributed by atoms with Crippen LogP contribution in [-0.4, -0.2) is 5.78 Å². The summed E-state index contributed by atoms with van der Waals surface area (Å²) in [6, 6.07) is 8.29. The van der Waals surface area contributed by atoms with E-state index in [4.69, 9.17) is 0 Å². The van der Waals surface area contributed by atoms with Crippen molar-refractivity contribution >= 4 is 5.78 Å². The minimum absolute atomic E-state index is 0.405. The molecule has 1 saturated carbocycles. The number of aryl methyl sites for hydroxylation is 1. The molecule has 0 radical (unpaired) electrons. The summed E-state index contributed by atoms with van der Waals surface area (Å²) in [7, 11) is 0. The molecule has 0 aromatic heterocycles. The van der Waals surface area contributed by atoms with Crippen molar-refractivity contribution in [2.45, 2.75) is 51.9 Å². The molecule has 0 aliphatic heterocycles. The van der Waals surface area contributed by atoms with Crippen molar-refractivity contribution in [1.82, 2.24) is 0 Å². The monoisotopic (exact) mass is 230 g/mol. The van der Waals surface area contributed by atoms with Crippen LogP contribution in [0.1, 0.15) is 49.7 Å². The van der Waals surface area contributed by atoms with Gasteiger partial charge in [-0.25, -0.2) is 0 Å². The van der Waals surface area contributed by atoms with E-state index >= 15 is 0 Å². The first kappa shape index (κ1) is 12.3. The standard InChI is InChI=1S/C16H22O/c1-13-5-4-8-15(11-13)12-16(17)10-9-14-6-2-3-7-14/h4-5,8,11,14H,2-3,6-7,9-10,12H2,1H3. The van der Waals surface area contributed by atoms with Gasteiger partial charge in [0.1, 0.15) is 5.78 Å². The van der Waals surface area contributed by atoms with Crippen molar-refractivity contribution in [3.05, 3.63) is 35.4 Å². The maximum atomic E-state index is 11.9. The van der Waals surface area contributed by atoms with Crippen LogP contribution in [-0.2, 0) is 11.2 Å². The Morgan fingerprint density at radius 1 is 1.29 bits per heavy atom. The van der Waals surface area contributed by atoms with E-state index in [9.17, 15) is 4.79 Å². The molecule has 0 spiro atoms. The van der Waals surface area contributed by atoms with Gasteiger partial charge >= 0.3 is 0 Å². The van der Waals surface area contributed by atoms with E-state index < -0.39 is 0 Å². The van der Waals surface area contributed by atoms with E-state index in [-0.39, 0.29) is 0 Å². The minimum atomic E-state index is 0.405. The summed E-state index contributed by atoms with van der Waals surface area (Å²) in [5.74, 6) is 1.24. The second-order valence-electron chi connectivity index (χ2n) is 5.39. The minimum Gasteiger partial charge on any atom is -0.299 e. The number of hydrogen-bond donors (Lipinski definition) is 0. The first-order valence-corrected chi connectivity index (χ1v) is 6.81. The number of rotatable bonds is 5. The smallest absolute Gasteiger partial charge is 0.137 e. The first-order chi connectivity index (χ1) is 8.24. The maximum Gasteiger partial charge on any atom is 0.137 e. The summed E-state index contributed by atoms with van der Waals surface area (Å²) in [5.41, 5.74) is 2.41. The quantitative estimate of drug-likeness (QED) is 0.745. The molecule has 92 valence electrons. The summed E-state index contributed by atoms with van der Waals surface area (Å²) in [5, 5.41) is 0. The Hall–Kier alpha value is -1.11. The molecule has 0 unspecified atom stereocenters. The highest BCUT2D eigenvalue weighted by Crippen LogP contribution is 2.28. The Kier molecular flexibility index (Phi) is 4.36. The summed E-state index contributed by atoms with van der Waals surface area (Å²) in [6.07, 6.45) is 7.95. The Morgan fingerprint density at radius 3 is 2.76 bits per heavy atom. The number of Topliss-reactive ketones (excluding diaryl/α,β-unsaturated/α-hetero) is 1. The highest BCUT2D eigenvalue weighted by Gasteiger charge is 2.16. The van der Waals surface area contributed by atoms with E-state index in [0.29, 0.717) is 12.2 Å². The zero-order valence-corrected chi connectivity index (χ0v) is 10.7. The van der Waals surface area contributed by atoms with Crippen molar-refractivity contribution in [3.8, 4) is 0 Å². The van der Waals surface area contributed by atoms with Crippen LogP contribution in [0.5, 0.6) is 0 Å². The molecule has 0 bridgehead atoms. The molecule has 0 saturated heterocycles. The molecule has 1 nitrogen and oxygen atoms in total. The number of carbonyl (C=O) groups is 1. The third-order valence-electron chi connectivity index (χ3n) is 3.79. The van der Waals surface area contributed by atoms with E-state index in [1.165, 1.54) is 36.8 Å². The van der Waals surface area contributed by atoms with Gasteiger partial charge in [-0.15, -0.1) is 0 Å². The second kappa shape index (κ2) is 6.00. The molecule has 1 aliphatic rings. The lowest BCUT2D eigenvalue weighted by Gasteiger charge is -2.07. The maximum absolute atomic E-state index is 11.9. The number of carbonyl (C=O) groups excluding carboxylic acids is 1. The number of benzene rings is 1. The lowest BCUT2D eigenvalue weighted by Crippen LogP contribution is -2.05. The van der Waals surface area contributed by atoms with Gasteiger partial charge in [0.05, 0.1) is 0 Å². The van der Waals surface area contributed by atoms with Crippen LogP contribution >= 0.6 is 0 Å². The summed E-state index contributed by atoms with van der Waals surface area (Å²) in [4.78, 5) is 11.9. The molecule has 1 aliphatic carbocycles. The highest BCUT2D eigenvalue weighted by molar-refractivity contribution is 5.80. The zero-order valence-electron chi connectivity index (χ0n) is 10.7.